The molecule has 4 aromatic rings. The van der Waals surface area contributed by atoms with Crippen molar-refractivity contribution in [1.29, 1.82) is 5.26 Å². The molecule has 0 saturated heterocycles. The molecule has 2 aromatic carbocycles. The summed E-state index contributed by atoms with van der Waals surface area (Å²) in [6, 6.07) is 20.2. The number of para-hydroxylation sites is 1. The quantitative estimate of drug-likeness (QED) is 0.501. The van der Waals surface area contributed by atoms with Crippen LogP contribution < -0.4 is 0 Å². The van der Waals surface area contributed by atoms with Gasteiger partial charge in [-0.1, -0.05) is 30.3 Å². The SMILES string of the molecule is Cc1cc2nn(CN(C)Cc3cccc(C#N)c3)c(=S)n2c2ccccc12. The molecule has 0 N–H and O–H groups in total. The highest BCUT2D eigenvalue weighted by Crippen LogP contribution is 2.21. The number of aromatic nitrogens is 3. The minimum atomic E-state index is 0.574. The molecule has 134 valence electrons. The van der Waals surface area contributed by atoms with Crippen LogP contribution in [0.2, 0.25) is 0 Å². The molecule has 0 aliphatic heterocycles. The van der Waals surface area contributed by atoms with Crippen LogP contribution in [0, 0.1) is 23.0 Å². The van der Waals surface area contributed by atoms with Gasteiger partial charge in [0.15, 0.2) is 5.65 Å². The lowest BCUT2D eigenvalue weighted by Crippen LogP contribution is -2.22. The van der Waals surface area contributed by atoms with Crippen LogP contribution in [0.25, 0.3) is 16.6 Å². The minimum Gasteiger partial charge on any atom is -0.283 e. The van der Waals surface area contributed by atoms with E-state index in [4.69, 9.17) is 22.6 Å². The van der Waals surface area contributed by atoms with Gasteiger partial charge < -0.3 is 0 Å². The highest BCUT2D eigenvalue weighted by atomic mass is 32.1. The van der Waals surface area contributed by atoms with Gasteiger partial charge in [-0.15, -0.1) is 0 Å². The van der Waals surface area contributed by atoms with Gasteiger partial charge in [-0.25, -0.2) is 4.68 Å². The van der Waals surface area contributed by atoms with E-state index in [1.807, 2.05) is 52.5 Å². The molecule has 0 saturated carbocycles. The Labute approximate surface area is 162 Å². The highest BCUT2D eigenvalue weighted by Gasteiger charge is 2.11. The fourth-order valence-electron chi connectivity index (χ4n) is 3.44. The number of aryl methyl sites for hydroxylation is 1. The van der Waals surface area contributed by atoms with Crippen molar-refractivity contribution in [1.82, 2.24) is 19.1 Å². The Morgan fingerprint density at radius 2 is 1.96 bits per heavy atom. The first-order valence-electron chi connectivity index (χ1n) is 8.72. The highest BCUT2D eigenvalue weighted by molar-refractivity contribution is 7.71. The number of nitriles is 1. The van der Waals surface area contributed by atoms with Gasteiger partial charge in [0, 0.05) is 11.9 Å². The van der Waals surface area contributed by atoms with E-state index in [0.717, 1.165) is 16.7 Å². The van der Waals surface area contributed by atoms with Gasteiger partial charge in [0.25, 0.3) is 0 Å². The average molecular weight is 373 g/mol. The van der Waals surface area contributed by atoms with Crippen molar-refractivity contribution in [2.45, 2.75) is 20.1 Å². The zero-order chi connectivity index (χ0) is 19.0. The average Bonchev–Trinajstić information content (AvgIpc) is 2.97. The second-order valence-corrected chi connectivity index (χ2v) is 7.15. The van der Waals surface area contributed by atoms with Crippen LogP contribution in [0.1, 0.15) is 16.7 Å². The molecule has 2 heterocycles. The van der Waals surface area contributed by atoms with Gasteiger partial charge in [-0.2, -0.15) is 10.4 Å². The van der Waals surface area contributed by atoms with E-state index in [9.17, 15) is 0 Å². The van der Waals surface area contributed by atoms with Crippen molar-refractivity contribution in [3.63, 3.8) is 0 Å². The molecule has 27 heavy (non-hydrogen) atoms. The normalized spacial score (nSPS) is 11.3. The summed E-state index contributed by atoms with van der Waals surface area (Å²) in [6.45, 7) is 3.38. The van der Waals surface area contributed by atoms with Crippen LogP contribution in [-0.4, -0.2) is 26.1 Å². The first-order valence-corrected chi connectivity index (χ1v) is 9.13. The molecule has 0 atom stereocenters. The van der Waals surface area contributed by atoms with E-state index in [1.165, 1.54) is 10.9 Å². The summed E-state index contributed by atoms with van der Waals surface area (Å²) in [6.07, 6.45) is 0. The van der Waals surface area contributed by atoms with Crippen molar-refractivity contribution in [3.8, 4) is 6.07 Å². The number of rotatable bonds is 4. The van der Waals surface area contributed by atoms with Crippen LogP contribution in [0.4, 0.5) is 0 Å². The number of benzene rings is 2. The Hall–Kier alpha value is -3.01. The molecule has 0 radical (unpaired) electrons. The lowest BCUT2D eigenvalue weighted by Gasteiger charge is -2.16. The molecule has 0 aliphatic carbocycles. The van der Waals surface area contributed by atoms with Crippen molar-refractivity contribution >= 4 is 28.8 Å². The molecule has 4 rings (SSSR count). The smallest absolute Gasteiger partial charge is 0.204 e. The number of pyridine rings is 1. The third kappa shape index (κ3) is 3.23. The van der Waals surface area contributed by atoms with Gasteiger partial charge in [-0.3, -0.25) is 9.30 Å². The van der Waals surface area contributed by atoms with Crippen LogP contribution in [0.15, 0.2) is 54.6 Å². The van der Waals surface area contributed by atoms with Crippen molar-refractivity contribution in [2.75, 3.05) is 7.05 Å². The second kappa shape index (κ2) is 6.95. The molecular weight excluding hydrogens is 354 g/mol. The topological polar surface area (TPSA) is 49.3 Å². The maximum atomic E-state index is 9.06. The summed E-state index contributed by atoms with van der Waals surface area (Å²) < 4.78 is 4.56. The Morgan fingerprint density at radius 3 is 2.78 bits per heavy atom. The predicted octanol–water partition coefficient (Wildman–Crippen LogP) is 4.29. The first-order chi connectivity index (χ1) is 13.1. The number of hydrogen-bond acceptors (Lipinski definition) is 4. The van der Waals surface area contributed by atoms with Gasteiger partial charge in [0.2, 0.25) is 4.77 Å². The fraction of sp³-hybridized carbons (Fsp3) is 0.190. The van der Waals surface area contributed by atoms with E-state index < -0.39 is 0 Å². The summed E-state index contributed by atoms with van der Waals surface area (Å²) in [5.41, 5.74) is 4.89. The predicted molar refractivity (Wildman–Crippen MR) is 109 cm³/mol. The van der Waals surface area contributed by atoms with Crippen LogP contribution in [0.3, 0.4) is 0 Å². The molecule has 0 fully saturated rings. The van der Waals surface area contributed by atoms with Crippen LogP contribution in [-0.2, 0) is 13.2 Å². The van der Waals surface area contributed by atoms with Gasteiger partial charge in [0.05, 0.1) is 23.8 Å². The summed E-state index contributed by atoms with van der Waals surface area (Å²) in [5.74, 6) is 0. The zero-order valence-electron chi connectivity index (χ0n) is 15.3. The third-order valence-corrected chi connectivity index (χ3v) is 5.06. The van der Waals surface area contributed by atoms with E-state index in [-0.39, 0.29) is 0 Å². The zero-order valence-corrected chi connectivity index (χ0v) is 16.1. The Kier molecular flexibility index (Phi) is 4.48. The van der Waals surface area contributed by atoms with E-state index in [1.54, 1.807) is 0 Å². The first kappa shape index (κ1) is 17.4. The largest absolute Gasteiger partial charge is 0.283 e. The Bertz CT molecular complexity index is 1250. The molecule has 0 amide bonds. The molecular formula is C21H19N5S. The van der Waals surface area contributed by atoms with Crippen molar-refractivity contribution in [3.05, 3.63) is 76.1 Å². The van der Waals surface area contributed by atoms with Crippen molar-refractivity contribution < 1.29 is 0 Å². The standard InChI is InChI=1S/C21H19N5S/c1-15-10-20-23-25(21(27)26(20)19-9-4-3-8-18(15)19)14-24(2)13-17-7-5-6-16(11-17)12-22/h3-11H,13-14H2,1-2H3. The van der Waals surface area contributed by atoms with Crippen LogP contribution >= 0.6 is 12.2 Å². The summed E-state index contributed by atoms with van der Waals surface area (Å²) in [4.78, 5) is 2.13. The molecule has 0 unspecified atom stereocenters. The van der Waals surface area contributed by atoms with Gasteiger partial charge in [0.1, 0.15) is 0 Å². The van der Waals surface area contributed by atoms with E-state index in [0.29, 0.717) is 23.5 Å². The van der Waals surface area contributed by atoms with Crippen LogP contribution in [0.5, 0.6) is 0 Å². The molecule has 5 nitrogen and oxygen atoms in total. The number of nitrogens with zero attached hydrogens (tertiary/aromatic N) is 5. The number of fused-ring (bicyclic) bond motifs is 3. The Morgan fingerprint density at radius 1 is 1.15 bits per heavy atom. The fourth-order valence-corrected chi connectivity index (χ4v) is 3.73. The molecule has 0 bridgehead atoms. The van der Waals surface area contributed by atoms with Gasteiger partial charge >= 0.3 is 0 Å². The molecule has 0 aliphatic rings. The minimum absolute atomic E-state index is 0.574. The lowest BCUT2D eigenvalue weighted by atomic mass is 10.1. The monoisotopic (exact) mass is 373 g/mol. The summed E-state index contributed by atoms with van der Waals surface area (Å²) >= 11 is 5.71. The summed E-state index contributed by atoms with van der Waals surface area (Å²) in [5, 5.41) is 15.0. The van der Waals surface area contributed by atoms with E-state index in [2.05, 4.69) is 36.1 Å². The maximum absolute atomic E-state index is 9.06. The van der Waals surface area contributed by atoms with Crippen molar-refractivity contribution in [2.24, 2.45) is 0 Å². The number of hydrogen-bond donors (Lipinski definition) is 0. The molecule has 6 heteroatoms. The lowest BCUT2D eigenvalue weighted by molar-refractivity contribution is 0.245. The maximum Gasteiger partial charge on any atom is 0.204 e. The summed E-state index contributed by atoms with van der Waals surface area (Å²) in [7, 11) is 2.02. The molecule has 0 spiro atoms. The molecule has 2 aromatic heterocycles. The van der Waals surface area contributed by atoms with E-state index >= 15 is 0 Å². The van der Waals surface area contributed by atoms with Gasteiger partial charge in [-0.05, 0) is 61.6 Å². The second-order valence-electron chi connectivity index (χ2n) is 6.79. The Balaban J connectivity index is 1.68. The third-order valence-electron chi connectivity index (χ3n) is 4.66.